The Morgan fingerprint density at radius 3 is 2.50 bits per heavy atom. The number of piperazine rings is 1. The lowest BCUT2D eigenvalue weighted by molar-refractivity contribution is 0.262. The number of aryl methyl sites for hydroxylation is 1. The predicted molar refractivity (Wildman–Crippen MR) is 157 cm³/mol. The summed E-state index contributed by atoms with van der Waals surface area (Å²) in [4.78, 5) is 18.4. The summed E-state index contributed by atoms with van der Waals surface area (Å²) in [5, 5.41) is 3.60. The average Bonchev–Trinajstić information content (AvgIpc) is 3.33. The fourth-order valence-corrected chi connectivity index (χ4v) is 5.43. The zero-order valence-corrected chi connectivity index (χ0v) is 24.0. The van der Waals surface area contributed by atoms with Crippen molar-refractivity contribution >= 4 is 44.3 Å². The van der Waals surface area contributed by atoms with Gasteiger partial charge in [-0.2, -0.15) is 0 Å². The van der Waals surface area contributed by atoms with Gasteiger partial charge in [0, 0.05) is 74.7 Å². The topological polar surface area (TPSA) is 108 Å². The van der Waals surface area contributed by atoms with Gasteiger partial charge in [-0.1, -0.05) is 17.7 Å². The van der Waals surface area contributed by atoms with Crippen LogP contribution in [-0.2, 0) is 23.6 Å². The Morgan fingerprint density at radius 2 is 1.80 bits per heavy atom. The van der Waals surface area contributed by atoms with E-state index < -0.39 is 10.0 Å². The lowest BCUT2D eigenvalue weighted by atomic mass is 10.1. The maximum Gasteiger partial charge on any atom is 0.211 e. The Balaban J connectivity index is 1.26. The molecule has 3 heterocycles. The van der Waals surface area contributed by atoms with Gasteiger partial charge >= 0.3 is 0 Å². The highest BCUT2D eigenvalue weighted by Gasteiger charge is 2.19. The lowest BCUT2D eigenvalue weighted by Gasteiger charge is -2.36. The minimum absolute atomic E-state index is 0.0960. The van der Waals surface area contributed by atoms with Gasteiger partial charge in [0.1, 0.15) is 11.3 Å². The number of fused-ring (bicyclic) bond motifs is 1. The van der Waals surface area contributed by atoms with Crippen LogP contribution in [0.2, 0.25) is 5.02 Å². The van der Waals surface area contributed by atoms with E-state index in [2.05, 4.69) is 41.9 Å². The molecule has 0 spiro atoms. The molecule has 5 rings (SSSR count). The van der Waals surface area contributed by atoms with E-state index >= 15 is 0 Å². The standard InChI is InChI=1S/C27H32ClFN8O2S/c1-3-40(38,39)32-10-11-36-12-14-37(15-13-36)22-8-5-19(6-9-22)25-33-26(24-27(34-25)31-18-35(24)2)30-17-20-4-7-21(28)16-23(20)29/h4-9,16,18,32H,3,10-15,17H2,1-2H3,(H,30,33,34). The van der Waals surface area contributed by atoms with Crippen molar-refractivity contribution in [1.29, 1.82) is 0 Å². The van der Waals surface area contributed by atoms with Gasteiger partial charge in [-0.3, -0.25) is 4.90 Å². The van der Waals surface area contributed by atoms with Crippen molar-refractivity contribution in [1.82, 2.24) is 29.1 Å². The molecule has 0 bridgehead atoms. The molecular weight excluding hydrogens is 555 g/mol. The van der Waals surface area contributed by atoms with Crippen LogP contribution < -0.4 is 14.9 Å². The summed E-state index contributed by atoms with van der Waals surface area (Å²) in [6.45, 7) is 6.41. The SMILES string of the molecule is CCS(=O)(=O)NCCN1CCN(c2ccc(-c3nc(NCc4ccc(Cl)cc4F)c4c(ncn4C)n3)cc2)CC1. The zero-order chi connectivity index (χ0) is 28.3. The second-order valence-corrected chi connectivity index (χ2v) is 12.2. The highest BCUT2D eigenvalue weighted by Crippen LogP contribution is 2.27. The molecule has 0 saturated carbocycles. The molecule has 0 amide bonds. The molecule has 4 aromatic rings. The normalized spacial score (nSPS) is 14.7. The Morgan fingerprint density at radius 1 is 1.05 bits per heavy atom. The van der Waals surface area contributed by atoms with Crippen molar-refractivity contribution < 1.29 is 12.8 Å². The molecule has 0 atom stereocenters. The van der Waals surface area contributed by atoms with E-state index in [9.17, 15) is 12.8 Å². The Hall–Kier alpha value is -3.32. The Labute approximate surface area is 238 Å². The van der Waals surface area contributed by atoms with Gasteiger partial charge in [0.05, 0.1) is 12.1 Å². The van der Waals surface area contributed by atoms with Crippen molar-refractivity contribution in [2.75, 3.05) is 55.2 Å². The van der Waals surface area contributed by atoms with Crippen LogP contribution in [0.1, 0.15) is 12.5 Å². The van der Waals surface area contributed by atoms with Crippen LogP contribution in [0, 0.1) is 5.82 Å². The quantitative estimate of drug-likeness (QED) is 0.291. The maximum atomic E-state index is 14.3. The number of hydrogen-bond donors (Lipinski definition) is 2. The molecule has 2 aromatic carbocycles. The molecule has 1 saturated heterocycles. The van der Waals surface area contributed by atoms with Crippen LogP contribution in [0.4, 0.5) is 15.9 Å². The number of aromatic nitrogens is 4. The average molecular weight is 587 g/mol. The number of imidazole rings is 1. The van der Waals surface area contributed by atoms with Gasteiger partial charge in [-0.25, -0.2) is 32.5 Å². The molecule has 10 nitrogen and oxygen atoms in total. The Kier molecular flexibility index (Phi) is 8.50. The van der Waals surface area contributed by atoms with Crippen molar-refractivity contribution in [2.45, 2.75) is 13.5 Å². The van der Waals surface area contributed by atoms with E-state index in [0.29, 0.717) is 41.0 Å². The zero-order valence-electron chi connectivity index (χ0n) is 22.4. The van der Waals surface area contributed by atoms with Crippen LogP contribution >= 0.6 is 11.6 Å². The van der Waals surface area contributed by atoms with E-state index in [1.54, 1.807) is 25.4 Å². The van der Waals surface area contributed by atoms with Gasteiger partial charge in [0.2, 0.25) is 10.0 Å². The minimum Gasteiger partial charge on any atom is -0.369 e. The summed E-state index contributed by atoms with van der Waals surface area (Å²) in [5.41, 5.74) is 3.71. The van der Waals surface area contributed by atoms with Crippen LogP contribution in [-0.4, -0.2) is 77.9 Å². The summed E-state index contributed by atoms with van der Waals surface area (Å²) in [5.74, 6) is 0.804. The van der Waals surface area contributed by atoms with Crippen LogP contribution in [0.5, 0.6) is 0 Å². The molecule has 1 fully saturated rings. The molecule has 0 unspecified atom stereocenters. The van der Waals surface area contributed by atoms with Gasteiger partial charge in [-0.15, -0.1) is 0 Å². The molecule has 40 heavy (non-hydrogen) atoms. The number of benzene rings is 2. The number of halogens is 2. The number of sulfonamides is 1. The molecule has 0 radical (unpaired) electrons. The largest absolute Gasteiger partial charge is 0.369 e. The number of rotatable bonds is 10. The highest BCUT2D eigenvalue weighted by molar-refractivity contribution is 7.89. The molecule has 2 N–H and O–H groups in total. The van der Waals surface area contributed by atoms with E-state index in [4.69, 9.17) is 16.6 Å². The van der Waals surface area contributed by atoms with E-state index in [1.165, 1.54) is 6.07 Å². The first-order valence-corrected chi connectivity index (χ1v) is 15.2. The van der Waals surface area contributed by atoms with Gasteiger partial charge < -0.3 is 14.8 Å². The first-order valence-electron chi connectivity index (χ1n) is 13.1. The van der Waals surface area contributed by atoms with Crippen LogP contribution in [0.15, 0.2) is 48.8 Å². The van der Waals surface area contributed by atoms with Crippen LogP contribution in [0.3, 0.4) is 0 Å². The second-order valence-electron chi connectivity index (χ2n) is 9.69. The third-order valence-electron chi connectivity index (χ3n) is 7.03. The smallest absolute Gasteiger partial charge is 0.211 e. The van der Waals surface area contributed by atoms with Gasteiger partial charge in [0.15, 0.2) is 17.3 Å². The lowest BCUT2D eigenvalue weighted by Crippen LogP contribution is -2.48. The van der Waals surface area contributed by atoms with Crippen molar-refractivity contribution in [3.63, 3.8) is 0 Å². The monoisotopic (exact) mass is 586 g/mol. The van der Waals surface area contributed by atoms with E-state index in [0.717, 1.165) is 42.9 Å². The van der Waals surface area contributed by atoms with E-state index in [1.807, 2.05) is 23.7 Å². The minimum atomic E-state index is -3.16. The molecule has 212 valence electrons. The molecule has 13 heteroatoms. The van der Waals surface area contributed by atoms with Gasteiger partial charge in [-0.05, 0) is 43.3 Å². The molecule has 1 aliphatic rings. The third-order valence-corrected chi connectivity index (χ3v) is 8.67. The molecule has 0 aliphatic carbocycles. The third kappa shape index (κ3) is 6.52. The molecular formula is C27H32ClFN8O2S. The van der Waals surface area contributed by atoms with E-state index in [-0.39, 0.29) is 18.1 Å². The number of nitrogens with one attached hydrogen (secondary N) is 2. The summed E-state index contributed by atoms with van der Waals surface area (Å²) in [6.07, 6.45) is 1.68. The van der Waals surface area contributed by atoms with Gasteiger partial charge in [0.25, 0.3) is 0 Å². The fraction of sp³-hybridized carbons (Fsp3) is 0.370. The molecule has 2 aromatic heterocycles. The molecule has 1 aliphatic heterocycles. The van der Waals surface area contributed by atoms with Crippen molar-refractivity contribution in [2.24, 2.45) is 7.05 Å². The van der Waals surface area contributed by atoms with Crippen molar-refractivity contribution in [3.8, 4) is 11.4 Å². The fourth-order valence-electron chi connectivity index (χ4n) is 4.67. The second kappa shape index (κ2) is 12.0. The van der Waals surface area contributed by atoms with Crippen molar-refractivity contribution in [3.05, 3.63) is 65.2 Å². The summed E-state index contributed by atoms with van der Waals surface area (Å²) >= 11 is 5.89. The highest BCUT2D eigenvalue weighted by atomic mass is 35.5. The van der Waals surface area contributed by atoms with Crippen LogP contribution in [0.25, 0.3) is 22.6 Å². The summed E-state index contributed by atoms with van der Waals surface area (Å²) < 4.78 is 42.1. The maximum absolute atomic E-state index is 14.3. The number of hydrogen-bond acceptors (Lipinski definition) is 8. The Bertz CT molecular complexity index is 1590. The number of anilines is 2. The first kappa shape index (κ1) is 28.2. The summed E-state index contributed by atoms with van der Waals surface area (Å²) in [7, 11) is -1.29. The number of nitrogens with zero attached hydrogens (tertiary/aromatic N) is 6. The predicted octanol–water partition coefficient (Wildman–Crippen LogP) is 3.50. The first-order chi connectivity index (χ1) is 19.2. The summed E-state index contributed by atoms with van der Waals surface area (Å²) in [6, 6.07) is 12.7.